The van der Waals surface area contributed by atoms with Crippen LogP contribution in [0.4, 0.5) is 8.78 Å². The van der Waals surface area contributed by atoms with Crippen molar-refractivity contribution in [3.8, 4) is 17.2 Å². The molecule has 1 unspecified atom stereocenters. The molecule has 1 aromatic heterocycles. The van der Waals surface area contributed by atoms with Crippen LogP contribution in [-0.4, -0.2) is 16.8 Å². The highest BCUT2D eigenvalue weighted by Gasteiger charge is 2.15. The molecule has 2 rings (SSSR count). The van der Waals surface area contributed by atoms with Crippen molar-refractivity contribution < 1.29 is 18.0 Å². The Morgan fingerprint density at radius 3 is 2.89 bits per heavy atom. The molecule has 0 saturated carbocycles. The van der Waals surface area contributed by atoms with Gasteiger partial charge in [-0.15, -0.1) is 11.6 Å². The van der Waals surface area contributed by atoms with E-state index in [2.05, 4.69) is 14.9 Å². The average Bonchev–Trinajstić information content (AvgIpc) is 2.87. The van der Waals surface area contributed by atoms with Gasteiger partial charge >= 0.3 is 6.61 Å². The number of nitrogens with zero attached hydrogens (tertiary/aromatic N) is 2. The van der Waals surface area contributed by atoms with Crippen molar-refractivity contribution in [2.45, 2.75) is 25.3 Å². The molecule has 0 amide bonds. The quantitative estimate of drug-likeness (QED) is 0.779. The number of benzene rings is 1. The first-order valence-electron chi connectivity index (χ1n) is 5.63. The van der Waals surface area contributed by atoms with Crippen LogP contribution in [0.15, 0.2) is 28.8 Å². The van der Waals surface area contributed by atoms with Crippen molar-refractivity contribution in [3.05, 3.63) is 30.1 Å². The fraction of sp³-hybridized carbons (Fsp3) is 0.333. The van der Waals surface area contributed by atoms with Gasteiger partial charge < -0.3 is 9.26 Å². The van der Waals surface area contributed by atoms with Crippen molar-refractivity contribution in [1.82, 2.24) is 10.1 Å². The molecule has 0 fully saturated rings. The van der Waals surface area contributed by atoms with E-state index in [-0.39, 0.29) is 17.0 Å². The monoisotopic (exact) mass is 288 g/mol. The molecule has 1 heterocycles. The molecular formula is C12H11ClF2N2O2. The number of alkyl halides is 3. The van der Waals surface area contributed by atoms with E-state index in [0.29, 0.717) is 17.8 Å². The van der Waals surface area contributed by atoms with Gasteiger partial charge in [0.1, 0.15) is 5.75 Å². The lowest BCUT2D eigenvalue weighted by Gasteiger charge is -2.04. The molecule has 0 N–H and O–H groups in total. The summed E-state index contributed by atoms with van der Waals surface area (Å²) in [5, 5.41) is 3.41. The first kappa shape index (κ1) is 13.7. The second-order valence-electron chi connectivity index (χ2n) is 3.74. The van der Waals surface area contributed by atoms with Crippen LogP contribution in [0.2, 0.25) is 0 Å². The molecule has 4 nitrogen and oxygen atoms in total. The van der Waals surface area contributed by atoms with Crippen molar-refractivity contribution >= 4 is 11.6 Å². The van der Waals surface area contributed by atoms with E-state index in [0.717, 1.165) is 0 Å². The summed E-state index contributed by atoms with van der Waals surface area (Å²) < 4.78 is 33.6. The number of aromatic nitrogens is 2. The zero-order valence-corrected chi connectivity index (χ0v) is 10.8. The van der Waals surface area contributed by atoms with Gasteiger partial charge in [-0.2, -0.15) is 13.8 Å². The SMILES string of the molecule is CCC(Cl)c1noc(-c2cccc(OC(F)F)c2)n1. The first-order chi connectivity index (χ1) is 9.10. The fourth-order valence-electron chi connectivity index (χ4n) is 1.47. The lowest BCUT2D eigenvalue weighted by atomic mass is 10.2. The predicted molar refractivity (Wildman–Crippen MR) is 65.3 cm³/mol. The van der Waals surface area contributed by atoms with Crippen LogP contribution >= 0.6 is 11.6 Å². The second kappa shape index (κ2) is 5.97. The van der Waals surface area contributed by atoms with Crippen LogP contribution in [0.1, 0.15) is 24.5 Å². The van der Waals surface area contributed by atoms with Gasteiger partial charge in [0.25, 0.3) is 5.89 Å². The van der Waals surface area contributed by atoms with Gasteiger partial charge in [0, 0.05) is 5.56 Å². The number of hydrogen-bond donors (Lipinski definition) is 0. The van der Waals surface area contributed by atoms with E-state index >= 15 is 0 Å². The van der Waals surface area contributed by atoms with Gasteiger partial charge in [0.05, 0.1) is 5.38 Å². The molecule has 0 aliphatic heterocycles. The van der Waals surface area contributed by atoms with E-state index in [1.807, 2.05) is 6.92 Å². The largest absolute Gasteiger partial charge is 0.435 e. The maximum Gasteiger partial charge on any atom is 0.387 e. The van der Waals surface area contributed by atoms with E-state index in [9.17, 15) is 8.78 Å². The average molecular weight is 289 g/mol. The fourth-order valence-corrected chi connectivity index (χ4v) is 1.56. The minimum atomic E-state index is -2.87. The Morgan fingerprint density at radius 1 is 1.42 bits per heavy atom. The topological polar surface area (TPSA) is 48.2 Å². The van der Waals surface area contributed by atoms with Gasteiger partial charge in [-0.1, -0.05) is 18.1 Å². The first-order valence-corrected chi connectivity index (χ1v) is 6.06. The molecule has 1 aromatic carbocycles. The van der Waals surface area contributed by atoms with E-state index in [4.69, 9.17) is 16.1 Å². The molecular weight excluding hydrogens is 278 g/mol. The van der Waals surface area contributed by atoms with Crippen LogP contribution in [-0.2, 0) is 0 Å². The number of halogens is 3. The van der Waals surface area contributed by atoms with Gasteiger partial charge in [-0.25, -0.2) is 0 Å². The van der Waals surface area contributed by atoms with Gasteiger partial charge in [0.15, 0.2) is 5.82 Å². The lowest BCUT2D eigenvalue weighted by Crippen LogP contribution is -2.01. The Bertz CT molecular complexity index is 548. The van der Waals surface area contributed by atoms with E-state index in [1.54, 1.807) is 12.1 Å². The maximum atomic E-state index is 12.1. The summed E-state index contributed by atoms with van der Waals surface area (Å²) in [5.74, 6) is 0.623. The third-order valence-electron chi connectivity index (χ3n) is 2.39. The molecule has 7 heteroatoms. The number of rotatable bonds is 5. The lowest BCUT2D eigenvalue weighted by molar-refractivity contribution is -0.0498. The number of hydrogen-bond acceptors (Lipinski definition) is 4. The van der Waals surface area contributed by atoms with Crippen LogP contribution in [0.5, 0.6) is 5.75 Å². The van der Waals surface area contributed by atoms with Crippen molar-refractivity contribution in [1.29, 1.82) is 0 Å². The molecule has 0 saturated heterocycles. The maximum absolute atomic E-state index is 12.1. The predicted octanol–water partition coefficient (Wildman–Crippen LogP) is 4.03. The van der Waals surface area contributed by atoms with Crippen molar-refractivity contribution in [2.24, 2.45) is 0 Å². The molecule has 0 spiro atoms. The molecule has 2 aromatic rings. The zero-order valence-electron chi connectivity index (χ0n) is 10.0. The molecule has 19 heavy (non-hydrogen) atoms. The highest BCUT2D eigenvalue weighted by molar-refractivity contribution is 6.20. The number of ether oxygens (including phenoxy) is 1. The van der Waals surface area contributed by atoms with Crippen molar-refractivity contribution in [2.75, 3.05) is 0 Å². The highest BCUT2D eigenvalue weighted by atomic mass is 35.5. The highest BCUT2D eigenvalue weighted by Crippen LogP contribution is 2.27. The minimum absolute atomic E-state index is 0.0326. The Morgan fingerprint density at radius 2 is 2.21 bits per heavy atom. The van der Waals surface area contributed by atoms with Crippen LogP contribution < -0.4 is 4.74 Å². The third-order valence-corrected chi connectivity index (χ3v) is 2.89. The smallest absolute Gasteiger partial charge is 0.387 e. The van der Waals surface area contributed by atoms with E-state index in [1.165, 1.54) is 12.1 Å². The summed E-state index contributed by atoms with van der Waals surface area (Å²) in [4.78, 5) is 4.12. The summed E-state index contributed by atoms with van der Waals surface area (Å²) in [7, 11) is 0. The second-order valence-corrected chi connectivity index (χ2v) is 4.27. The van der Waals surface area contributed by atoms with Gasteiger partial charge in [0.2, 0.25) is 0 Å². The summed E-state index contributed by atoms with van der Waals surface area (Å²) >= 11 is 5.98. The zero-order chi connectivity index (χ0) is 13.8. The Hall–Kier alpha value is -1.69. The molecule has 0 aliphatic rings. The Kier molecular flexibility index (Phi) is 4.31. The molecule has 1 atom stereocenters. The van der Waals surface area contributed by atoms with Crippen LogP contribution in [0.3, 0.4) is 0 Å². The summed E-state index contributed by atoms with van der Waals surface area (Å²) in [6.07, 6.45) is 0.662. The molecule has 0 bridgehead atoms. The summed E-state index contributed by atoms with van der Waals surface area (Å²) in [6, 6.07) is 6.04. The van der Waals surface area contributed by atoms with Crippen LogP contribution in [0.25, 0.3) is 11.5 Å². The molecule has 0 radical (unpaired) electrons. The molecule has 0 aliphatic carbocycles. The van der Waals surface area contributed by atoms with Crippen molar-refractivity contribution in [3.63, 3.8) is 0 Å². The normalized spacial score (nSPS) is 12.7. The third kappa shape index (κ3) is 3.41. The van der Waals surface area contributed by atoms with Gasteiger partial charge in [-0.05, 0) is 24.6 Å². The standard InChI is InChI=1S/C12H11ClF2N2O2/c1-2-9(13)10-16-11(19-17-10)7-4-3-5-8(6-7)18-12(14)15/h3-6,9,12H,2H2,1H3. The van der Waals surface area contributed by atoms with Gasteiger partial charge in [-0.3, -0.25) is 0 Å². The summed E-state index contributed by atoms with van der Waals surface area (Å²) in [6.45, 7) is -0.981. The Labute approximate surface area is 113 Å². The van der Waals surface area contributed by atoms with E-state index < -0.39 is 6.61 Å². The summed E-state index contributed by atoms with van der Waals surface area (Å²) in [5.41, 5.74) is 0.497. The minimum Gasteiger partial charge on any atom is -0.435 e. The molecule has 102 valence electrons. The van der Waals surface area contributed by atoms with Crippen LogP contribution in [0, 0.1) is 0 Å². The Balaban J connectivity index is 2.24.